The highest BCUT2D eigenvalue weighted by molar-refractivity contribution is 5.86. The largest absolute Gasteiger partial charge is 0.486 e. The van der Waals surface area contributed by atoms with Gasteiger partial charge in [-0.05, 0) is 32.0 Å². The van der Waals surface area contributed by atoms with Gasteiger partial charge in [-0.1, -0.05) is 0 Å². The standard InChI is InChI=1S/C23H26FN5O3.3ClH/c24-16-11-20-19(27-13-16)1-2-23(30)29(20)8-7-28-5-3-17(4-6-28)25-14-18-12-21-22(15-26-18)32-10-9-31-21;;;/h1-2,11-13,15,17,25H,3-10,14H2;3*1H. The highest BCUT2D eigenvalue weighted by atomic mass is 35.5. The minimum absolute atomic E-state index is 0. The number of fused-ring (bicyclic) bond motifs is 2. The van der Waals surface area contributed by atoms with Gasteiger partial charge in [0.2, 0.25) is 0 Å². The van der Waals surface area contributed by atoms with E-state index in [-0.39, 0.29) is 42.8 Å². The van der Waals surface area contributed by atoms with Crippen LogP contribution in [-0.4, -0.2) is 58.3 Å². The molecule has 5 rings (SSSR count). The molecule has 0 amide bonds. The SMILES string of the molecule is Cl.Cl.Cl.O=c1ccc2ncc(F)cc2n1CCN1CCC(NCc2cc3c(cn2)OCCO3)CC1. The molecule has 0 spiro atoms. The van der Waals surface area contributed by atoms with Crippen LogP contribution in [0.25, 0.3) is 11.0 Å². The lowest BCUT2D eigenvalue weighted by Gasteiger charge is -2.32. The summed E-state index contributed by atoms with van der Waals surface area (Å²) in [4.78, 5) is 23.2. The average molecular weight is 549 g/mol. The van der Waals surface area contributed by atoms with Crippen molar-refractivity contribution in [1.82, 2.24) is 24.8 Å². The number of nitrogens with one attached hydrogen (secondary N) is 1. The highest BCUT2D eigenvalue weighted by Gasteiger charge is 2.20. The summed E-state index contributed by atoms with van der Waals surface area (Å²) in [7, 11) is 0. The quantitative estimate of drug-likeness (QED) is 0.507. The number of aromatic nitrogens is 3. The molecule has 2 aliphatic heterocycles. The molecule has 1 saturated heterocycles. The Balaban J connectivity index is 0.00000144. The van der Waals surface area contributed by atoms with Crippen LogP contribution >= 0.6 is 37.2 Å². The molecule has 8 nitrogen and oxygen atoms in total. The Hall–Kier alpha value is -2.17. The number of hydrogen-bond donors (Lipinski definition) is 1. The number of hydrogen-bond acceptors (Lipinski definition) is 7. The third-order valence-electron chi connectivity index (χ3n) is 6.09. The maximum absolute atomic E-state index is 13.7. The fourth-order valence-corrected chi connectivity index (χ4v) is 4.31. The van der Waals surface area contributed by atoms with E-state index in [1.54, 1.807) is 16.8 Å². The van der Waals surface area contributed by atoms with Crippen molar-refractivity contribution in [2.75, 3.05) is 32.8 Å². The second-order valence-corrected chi connectivity index (χ2v) is 8.20. The van der Waals surface area contributed by atoms with Crippen LogP contribution in [0.3, 0.4) is 0 Å². The third-order valence-corrected chi connectivity index (χ3v) is 6.09. The monoisotopic (exact) mass is 547 g/mol. The molecule has 12 heteroatoms. The van der Waals surface area contributed by atoms with Crippen molar-refractivity contribution in [3.63, 3.8) is 0 Å². The van der Waals surface area contributed by atoms with E-state index in [4.69, 9.17) is 9.47 Å². The van der Waals surface area contributed by atoms with E-state index in [0.29, 0.717) is 49.1 Å². The molecular weight excluding hydrogens is 520 g/mol. The molecule has 5 heterocycles. The molecule has 35 heavy (non-hydrogen) atoms. The number of ether oxygens (including phenoxy) is 2. The Labute approximate surface area is 221 Å². The van der Waals surface area contributed by atoms with Gasteiger partial charge >= 0.3 is 0 Å². The van der Waals surface area contributed by atoms with Gasteiger partial charge in [-0.25, -0.2) is 4.39 Å². The van der Waals surface area contributed by atoms with Gasteiger partial charge in [0.15, 0.2) is 11.5 Å². The van der Waals surface area contributed by atoms with Crippen LogP contribution in [0.1, 0.15) is 18.5 Å². The second-order valence-electron chi connectivity index (χ2n) is 8.20. The van der Waals surface area contributed by atoms with Gasteiger partial charge < -0.3 is 24.3 Å². The summed E-state index contributed by atoms with van der Waals surface area (Å²) in [5, 5.41) is 3.59. The van der Waals surface area contributed by atoms with E-state index in [9.17, 15) is 9.18 Å². The molecule has 0 aliphatic carbocycles. The fourth-order valence-electron chi connectivity index (χ4n) is 4.31. The lowest BCUT2D eigenvalue weighted by Crippen LogP contribution is -2.43. The molecule has 0 saturated carbocycles. The number of piperidine rings is 1. The first-order chi connectivity index (χ1) is 15.7. The number of nitrogens with zero attached hydrogens (tertiary/aromatic N) is 4. The van der Waals surface area contributed by atoms with Gasteiger partial charge in [-0.2, -0.15) is 0 Å². The topological polar surface area (TPSA) is 81.5 Å². The van der Waals surface area contributed by atoms with Gasteiger partial charge in [0.1, 0.15) is 19.0 Å². The van der Waals surface area contributed by atoms with Crippen molar-refractivity contribution in [3.05, 3.63) is 58.5 Å². The number of likely N-dealkylation sites (tertiary alicyclic amines) is 1. The van der Waals surface area contributed by atoms with Crippen LogP contribution in [-0.2, 0) is 13.1 Å². The van der Waals surface area contributed by atoms with Gasteiger partial charge in [0, 0.05) is 43.9 Å². The maximum atomic E-state index is 13.7. The summed E-state index contributed by atoms with van der Waals surface area (Å²) in [5.74, 6) is 1.03. The molecule has 0 atom stereocenters. The highest BCUT2D eigenvalue weighted by Crippen LogP contribution is 2.29. The summed E-state index contributed by atoms with van der Waals surface area (Å²) < 4.78 is 26.4. The van der Waals surface area contributed by atoms with Crippen molar-refractivity contribution in [2.45, 2.75) is 32.0 Å². The van der Waals surface area contributed by atoms with Crippen molar-refractivity contribution in [1.29, 1.82) is 0 Å². The summed E-state index contributed by atoms with van der Waals surface area (Å²) in [6, 6.07) is 6.87. The molecule has 192 valence electrons. The van der Waals surface area contributed by atoms with Crippen molar-refractivity contribution < 1.29 is 13.9 Å². The lowest BCUT2D eigenvalue weighted by atomic mass is 10.0. The Bertz CT molecular complexity index is 1170. The summed E-state index contributed by atoms with van der Waals surface area (Å²) in [6.45, 7) is 4.96. The average Bonchev–Trinajstić information content (AvgIpc) is 2.82. The predicted octanol–water partition coefficient (Wildman–Crippen LogP) is 3.22. The van der Waals surface area contributed by atoms with E-state index < -0.39 is 5.82 Å². The third kappa shape index (κ3) is 6.95. The van der Waals surface area contributed by atoms with Crippen molar-refractivity contribution in [2.24, 2.45) is 0 Å². The van der Waals surface area contributed by atoms with E-state index in [0.717, 1.165) is 43.9 Å². The zero-order valence-electron chi connectivity index (χ0n) is 19.0. The smallest absolute Gasteiger partial charge is 0.251 e. The van der Waals surface area contributed by atoms with Gasteiger partial charge in [-0.15, -0.1) is 37.2 Å². The summed E-state index contributed by atoms with van der Waals surface area (Å²) in [6.07, 6.45) is 4.94. The van der Waals surface area contributed by atoms with Crippen LogP contribution in [0.2, 0.25) is 0 Å². The number of pyridine rings is 3. The summed E-state index contributed by atoms with van der Waals surface area (Å²) in [5.41, 5.74) is 1.98. The molecule has 1 N–H and O–H groups in total. The van der Waals surface area contributed by atoms with Gasteiger partial charge in [-0.3, -0.25) is 14.8 Å². The van der Waals surface area contributed by atoms with Crippen molar-refractivity contribution in [3.8, 4) is 11.5 Å². The molecule has 0 aromatic carbocycles. The molecule has 0 bridgehead atoms. The fraction of sp³-hybridized carbons (Fsp3) is 0.435. The Morgan fingerprint density at radius 2 is 1.71 bits per heavy atom. The summed E-state index contributed by atoms with van der Waals surface area (Å²) >= 11 is 0. The molecule has 0 unspecified atom stereocenters. The number of rotatable bonds is 6. The zero-order valence-corrected chi connectivity index (χ0v) is 21.5. The number of halogens is 4. The Morgan fingerprint density at radius 1 is 0.971 bits per heavy atom. The van der Waals surface area contributed by atoms with Crippen molar-refractivity contribution >= 4 is 48.3 Å². The maximum Gasteiger partial charge on any atom is 0.251 e. The van der Waals surface area contributed by atoms with E-state index >= 15 is 0 Å². The van der Waals surface area contributed by atoms with Gasteiger partial charge in [0.25, 0.3) is 5.56 Å². The minimum Gasteiger partial charge on any atom is -0.486 e. The van der Waals surface area contributed by atoms with Crippen LogP contribution in [0, 0.1) is 5.82 Å². The Morgan fingerprint density at radius 3 is 2.49 bits per heavy atom. The van der Waals surface area contributed by atoms with Crippen LogP contribution < -0.4 is 20.3 Å². The molecule has 2 aliphatic rings. The molecule has 3 aromatic rings. The molecule has 1 fully saturated rings. The predicted molar refractivity (Wildman–Crippen MR) is 139 cm³/mol. The zero-order chi connectivity index (χ0) is 21.9. The molecule has 3 aromatic heterocycles. The normalized spacial score (nSPS) is 15.6. The van der Waals surface area contributed by atoms with E-state index in [1.165, 1.54) is 18.3 Å². The first kappa shape index (κ1) is 29.1. The van der Waals surface area contributed by atoms with Gasteiger partial charge in [0.05, 0.1) is 29.1 Å². The molecule has 0 radical (unpaired) electrons. The van der Waals surface area contributed by atoms with Crippen LogP contribution in [0.4, 0.5) is 4.39 Å². The van der Waals surface area contributed by atoms with E-state index in [2.05, 4.69) is 20.2 Å². The van der Waals surface area contributed by atoms with Crippen LogP contribution in [0.15, 0.2) is 41.5 Å². The first-order valence-corrected chi connectivity index (χ1v) is 11.0. The lowest BCUT2D eigenvalue weighted by molar-refractivity contribution is 0.170. The van der Waals surface area contributed by atoms with E-state index in [1.807, 2.05) is 6.07 Å². The first-order valence-electron chi connectivity index (χ1n) is 11.0. The molecular formula is C23H29Cl3FN5O3. The Kier molecular flexibility index (Phi) is 11.0. The minimum atomic E-state index is -0.434. The van der Waals surface area contributed by atoms with Crippen LogP contribution in [0.5, 0.6) is 11.5 Å². The second kappa shape index (κ2) is 13.2.